The number of carbonyl (C=O) groups is 1. The minimum Gasteiger partial charge on any atom is -0.478 e. The van der Waals surface area contributed by atoms with Gasteiger partial charge in [-0.2, -0.15) is 0 Å². The number of hydrogen-bond donors (Lipinski definition) is 3. The van der Waals surface area contributed by atoms with Gasteiger partial charge in [0.05, 0.1) is 16.9 Å². The van der Waals surface area contributed by atoms with Gasteiger partial charge < -0.3 is 20.9 Å². The molecule has 4 N–H and O–H groups in total. The number of benzene rings is 1. The zero-order valence-corrected chi connectivity index (χ0v) is 10.9. The molecule has 0 atom stereocenters. The summed E-state index contributed by atoms with van der Waals surface area (Å²) in [6, 6.07) is 2.25. The lowest BCUT2D eigenvalue weighted by atomic mass is 10.1. The number of nitrogens with two attached hydrogens (primary N) is 1. The summed E-state index contributed by atoms with van der Waals surface area (Å²) < 4.78 is 18.4. The van der Waals surface area contributed by atoms with Crippen molar-refractivity contribution in [1.82, 2.24) is 0 Å². The van der Waals surface area contributed by atoms with Crippen LogP contribution in [0.25, 0.3) is 0 Å². The molecule has 0 heterocycles. The SMILES string of the molecule is COCCCCCNc1cc(F)c(C(=O)O)cc1N. The van der Waals surface area contributed by atoms with Gasteiger partial charge in [-0.3, -0.25) is 0 Å². The number of nitrogen functional groups attached to an aromatic ring is 1. The summed E-state index contributed by atoms with van der Waals surface area (Å²) in [7, 11) is 1.66. The molecule has 19 heavy (non-hydrogen) atoms. The zero-order chi connectivity index (χ0) is 14.3. The van der Waals surface area contributed by atoms with Gasteiger partial charge in [-0.1, -0.05) is 0 Å². The first-order chi connectivity index (χ1) is 9.06. The molecule has 0 bridgehead atoms. The first-order valence-corrected chi connectivity index (χ1v) is 6.11. The van der Waals surface area contributed by atoms with Crippen LogP contribution >= 0.6 is 0 Å². The van der Waals surface area contributed by atoms with E-state index in [0.717, 1.165) is 38.0 Å². The second-order valence-electron chi connectivity index (χ2n) is 4.20. The maximum Gasteiger partial charge on any atom is 0.338 e. The molecule has 0 aliphatic rings. The number of methoxy groups -OCH3 is 1. The summed E-state index contributed by atoms with van der Waals surface area (Å²) in [6.45, 7) is 1.38. The molecule has 0 radical (unpaired) electrons. The minimum absolute atomic E-state index is 0.232. The highest BCUT2D eigenvalue weighted by Crippen LogP contribution is 2.23. The molecule has 0 saturated carbocycles. The van der Waals surface area contributed by atoms with Crippen molar-refractivity contribution in [3.05, 3.63) is 23.5 Å². The number of rotatable bonds is 8. The molecule has 1 rings (SSSR count). The molecule has 0 amide bonds. The van der Waals surface area contributed by atoms with E-state index in [9.17, 15) is 9.18 Å². The Balaban J connectivity index is 2.50. The van der Waals surface area contributed by atoms with Gasteiger partial charge in [0.2, 0.25) is 0 Å². The number of carboxylic acid groups (broad SMARTS) is 1. The van der Waals surface area contributed by atoms with Gasteiger partial charge in [-0.05, 0) is 31.4 Å². The smallest absolute Gasteiger partial charge is 0.338 e. The fraction of sp³-hybridized carbons (Fsp3) is 0.462. The van der Waals surface area contributed by atoms with Gasteiger partial charge in [-0.15, -0.1) is 0 Å². The number of unbranched alkanes of at least 4 members (excludes halogenated alkanes) is 2. The van der Waals surface area contributed by atoms with Crippen LogP contribution in [-0.4, -0.2) is 31.3 Å². The molecule has 1 aromatic rings. The first-order valence-electron chi connectivity index (χ1n) is 6.11. The van der Waals surface area contributed by atoms with E-state index in [4.69, 9.17) is 15.6 Å². The van der Waals surface area contributed by atoms with Crippen LogP contribution in [0.15, 0.2) is 12.1 Å². The van der Waals surface area contributed by atoms with Crippen molar-refractivity contribution in [2.45, 2.75) is 19.3 Å². The van der Waals surface area contributed by atoms with E-state index in [1.807, 2.05) is 0 Å². The van der Waals surface area contributed by atoms with Gasteiger partial charge in [0.1, 0.15) is 5.82 Å². The van der Waals surface area contributed by atoms with Crippen LogP contribution in [0.5, 0.6) is 0 Å². The summed E-state index contributed by atoms with van der Waals surface area (Å²) in [5.74, 6) is -2.11. The maximum atomic E-state index is 13.5. The van der Waals surface area contributed by atoms with Gasteiger partial charge in [0.25, 0.3) is 0 Å². The monoisotopic (exact) mass is 270 g/mol. The Morgan fingerprint density at radius 1 is 1.42 bits per heavy atom. The predicted molar refractivity (Wildman–Crippen MR) is 72.0 cm³/mol. The second kappa shape index (κ2) is 7.58. The summed E-state index contributed by atoms with van der Waals surface area (Å²) in [5.41, 5.74) is 5.92. The molecule has 0 unspecified atom stereocenters. The second-order valence-corrected chi connectivity index (χ2v) is 4.20. The van der Waals surface area contributed by atoms with E-state index in [-0.39, 0.29) is 5.69 Å². The highest BCUT2D eigenvalue weighted by molar-refractivity contribution is 5.90. The Morgan fingerprint density at radius 2 is 2.16 bits per heavy atom. The number of aromatic carboxylic acids is 1. The Bertz CT molecular complexity index is 438. The van der Waals surface area contributed by atoms with E-state index < -0.39 is 17.3 Å². The Kier molecular flexibility index (Phi) is 6.08. The maximum absolute atomic E-state index is 13.5. The Morgan fingerprint density at radius 3 is 2.79 bits per heavy atom. The number of halogens is 1. The highest BCUT2D eigenvalue weighted by atomic mass is 19.1. The summed E-state index contributed by atoms with van der Waals surface area (Å²) in [6.07, 6.45) is 2.88. The number of carboxylic acids is 1. The molecular weight excluding hydrogens is 251 g/mol. The van der Waals surface area contributed by atoms with E-state index in [0.29, 0.717) is 12.2 Å². The van der Waals surface area contributed by atoms with Crippen molar-refractivity contribution in [2.24, 2.45) is 0 Å². The predicted octanol–water partition coefficient (Wildman–Crippen LogP) is 2.33. The lowest BCUT2D eigenvalue weighted by molar-refractivity contribution is 0.0692. The van der Waals surface area contributed by atoms with Gasteiger partial charge >= 0.3 is 5.97 Å². The normalized spacial score (nSPS) is 10.4. The van der Waals surface area contributed by atoms with Crippen molar-refractivity contribution in [3.8, 4) is 0 Å². The number of ether oxygens (including phenoxy) is 1. The Labute approximate surface area is 111 Å². The highest BCUT2D eigenvalue weighted by Gasteiger charge is 2.13. The van der Waals surface area contributed by atoms with Gasteiger partial charge in [0, 0.05) is 20.3 Å². The van der Waals surface area contributed by atoms with Crippen LogP contribution in [0.3, 0.4) is 0 Å². The summed E-state index contributed by atoms with van der Waals surface area (Å²) >= 11 is 0. The number of nitrogens with one attached hydrogen (secondary N) is 1. The standard InChI is InChI=1S/C13H19FN2O3/c1-19-6-4-2-3-5-16-12-8-10(14)9(13(17)18)7-11(12)15/h7-8,16H,2-6,15H2,1H3,(H,17,18). The van der Waals surface area contributed by atoms with Crippen molar-refractivity contribution >= 4 is 17.3 Å². The van der Waals surface area contributed by atoms with Crippen LogP contribution < -0.4 is 11.1 Å². The molecule has 0 aliphatic carbocycles. The molecule has 0 fully saturated rings. The molecule has 0 aromatic heterocycles. The molecule has 1 aromatic carbocycles. The lowest BCUT2D eigenvalue weighted by Crippen LogP contribution is -2.08. The summed E-state index contributed by atoms with van der Waals surface area (Å²) in [4.78, 5) is 10.7. The lowest BCUT2D eigenvalue weighted by Gasteiger charge is -2.10. The third-order valence-electron chi connectivity index (χ3n) is 2.71. The van der Waals surface area contributed by atoms with E-state index in [1.54, 1.807) is 7.11 Å². The van der Waals surface area contributed by atoms with E-state index in [2.05, 4.69) is 5.32 Å². The number of hydrogen-bond acceptors (Lipinski definition) is 4. The van der Waals surface area contributed by atoms with Crippen LogP contribution in [0.1, 0.15) is 29.6 Å². The average Bonchev–Trinajstić information content (AvgIpc) is 2.36. The Hall–Kier alpha value is -1.82. The van der Waals surface area contributed by atoms with E-state index >= 15 is 0 Å². The summed E-state index contributed by atoms with van der Waals surface area (Å²) in [5, 5.41) is 11.7. The van der Waals surface area contributed by atoms with E-state index in [1.165, 1.54) is 0 Å². The van der Waals surface area contributed by atoms with Crippen molar-refractivity contribution in [2.75, 3.05) is 31.3 Å². The van der Waals surface area contributed by atoms with Gasteiger partial charge in [0.15, 0.2) is 0 Å². The van der Waals surface area contributed by atoms with Gasteiger partial charge in [-0.25, -0.2) is 9.18 Å². The fourth-order valence-electron chi connectivity index (χ4n) is 1.68. The zero-order valence-electron chi connectivity index (χ0n) is 10.9. The van der Waals surface area contributed by atoms with Crippen molar-refractivity contribution in [3.63, 3.8) is 0 Å². The number of anilines is 2. The molecule has 5 nitrogen and oxygen atoms in total. The molecule has 0 aliphatic heterocycles. The molecule has 0 saturated heterocycles. The van der Waals surface area contributed by atoms with Crippen LogP contribution in [-0.2, 0) is 4.74 Å². The van der Waals surface area contributed by atoms with Crippen LogP contribution in [0.2, 0.25) is 0 Å². The molecule has 6 heteroatoms. The molecule has 0 spiro atoms. The molecular formula is C13H19FN2O3. The first kappa shape index (κ1) is 15.2. The average molecular weight is 270 g/mol. The largest absolute Gasteiger partial charge is 0.478 e. The van der Waals surface area contributed by atoms with Crippen LogP contribution in [0.4, 0.5) is 15.8 Å². The minimum atomic E-state index is -1.32. The fourth-order valence-corrected chi connectivity index (χ4v) is 1.68. The molecule has 106 valence electrons. The third-order valence-corrected chi connectivity index (χ3v) is 2.71. The van der Waals surface area contributed by atoms with Crippen molar-refractivity contribution in [1.29, 1.82) is 0 Å². The van der Waals surface area contributed by atoms with Crippen molar-refractivity contribution < 1.29 is 19.0 Å². The third kappa shape index (κ3) is 4.75. The van der Waals surface area contributed by atoms with Crippen LogP contribution in [0, 0.1) is 5.82 Å². The quantitative estimate of drug-likeness (QED) is 0.498. The topological polar surface area (TPSA) is 84.6 Å².